The van der Waals surface area contributed by atoms with Crippen LogP contribution in [0.4, 0.5) is 0 Å². The third-order valence-corrected chi connectivity index (χ3v) is 5.16. The van der Waals surface area contributed by atoms with Crippen LogP contribution in [0.3, 0.4) is 0 Å². The zero-order valence-corrected chi connectivity index (χ0v) is 13.1. The lowest BCUT2D eigenvalue weighted by atomic mass is 9.96. The van der Waals surface area contributed by atoms with Gasteiger partial charge < -0.3 is 4.90 Å². The van der Waals surface area contributed by atoms with E-state index >= 15 is 0 Å². The second-order valence-electron chi connectivity index (χ2n) is 5.31. The first-order valence-electron chi connectivity index (χ1n) is 5.29. The van der Waals surface area contributed by atoms with E-state index in [1.54, 1.807) is 11.9 Å². The molecular weight excluding hydrogens is 294 g/mol. The molecule has 1 amide bonds. The molecule has 1 aromatic heterocycles. The summed E-state index contributed by atoms with van der Waals surface area (Å²) in [7, 11) is 3.16. The largest absolute Gasteiger partial charge is 0.341 e. The summed E-state index contributed by atoms with van der Waals surface area (Å²) in [5.74, 6) is -0.201. The highest BCUT2D eigenvalue weighted by molar-refractivity contribution is 8.15. The molecule has 0 bridgehead atoms. The highest BCUT2D eigenvalue weighted by Crippen LogP contribution is 2.25. The van der Waals surface area contributed by atoms with Crippen molar-refractivity contribution in [1.29, 1.82) is 0 Å². The third kappa shape index (κ3) is 4.26. The Bertz CT molecular complexity index is 543. The SMILES string of the molecule is CN(CC(C)(C)C)C(=O)c1csc(S(=O)(=O)Cl)c1. The van der Waals surface area contributed by atoms with E-state index < -0.39 is 9.05 Å². The highest BCUT2D eigenvalue weighted by Gasteiger charge is 2.21. The first-order chi connectivity index (χ1) is 8.00. The van der Waals surface area contributed by atoms with Gasteiger partial charge in [-0.2, -0.15) is 0 Å². The Kier molecular flexibility index (Phi) is 4.46. The van der Waals surface area contributed by atoms with Gasteiger partial charge in [0.05, 0.1) is 5.56 Å². The van der Waals surface area contributed by atoms with Crippen LogP contribution < -0.4 is 0 Å². The molecule has 0 aromatic carbocycles. The summed E-state index contributed by atoms with van der Waals surface area (Å²) in [5, 5.41) is 1.51. The second-order valence-corrected chi connectivity index (χ2v) is 9.02. The van der Waals surface area contributed by atoms with Crippen LogP contribution in [0.5, 0.6) is 0 Å². The average molecular weight is 310 g/mol. The van der Waals surface area contributed by atoms with E-state index in [9.17, 15) is 13.2 Å². The Balaban J connectivity index is 2.89. The number of carbonyl (C=O) groups excluding carboxylic acids is 1. The highest BCUT2D eigenvalue weighted by atomic mass is 35.7. The number of halogens is 1. The van der Waals surface area contributed by atoms with Gasteiger partial charge in [0.2, 0.25) is 0 Å². The number of hydrogen-bond acceptors (Lipinski definition) is 4. The summed E-state index contributed by atoms with van der Waals surface area (Å²) in [6, 6.07) is 1.31. The van der Waals surface area contributed by atoms with Crippen molar-refractivity contribution in [3.05, 3.63) is 17.0 Å². The fourth-order valence-electron chi connectivity index (χ4n) is 1.56. The zero-order chi connectivity index (χ0) is 14.1. The van der Waals surface area contributed by atoms with Crippen LogP contribution in [0, 0.1) is 5.41 Å². The fraction of sp³-hybridized carbons (Fsp3) is 0.545. The Morgan fingerprint density at radius 3 is 2.39 bits per heavy atom. The predicted molar refractivity (Wildman–Crippen MR) is 73.8 cm³/mol. The number of rotatable bonds is 3. The summed E-state index contributed by atoms with van der Waals surface area (Å²) in [4.78, 5) is 13.6. The molecule has 1 heterocycles. The lowest BCUT2D eigenvalue weighted by Gasteiger charge is -2.26. The van der Waals surface area contributed by atoms with Crippen molar-refractivity contribution in [3.63, 3.8) is 0 Å². The van der Waals surface area contributed by atoms with E-state index in [0.717, 1.165) is 11.3 Å². The van der Waals surface area contributed by atoms with Crippen LogP contribution >= 0.6 is 22.0 Å². The molecule has 4 nitrogen and oxygen atoms in total. The molecule has 0 N–H and O–H groups in total. The molecule has 1 rings (SSSR count). The molecule has 18 heavy (non-hydrogen) atoms. The number of hydrogen-bond donors (Lipinski definition) is 0. The van der Waals surface area contributed by atoms with Gasteiger partial charge in [-0.1, -0.05) is 20.8 Å². The maximum absolute atomic E-state index is 12.1. The van der Waals surface area contributed by atoms with E-state index in [-0.39, 0.29) is 15.5 Å². The summed E-state index contributed by atoms with van der Waals surface area (Å²) in [6.45, 7) is 6.67. The van der Waals surface area contributed by atoms with Gasteiger partial charge in [0.25, 0.3) is 15.0 Å². The third-order valence-electron chi connectivity index (χ3n) is 2.12. The summed E-state index contributed by atoms with van der Waals surface area (Å²) in [6.07, 6.45) is 0. The number of carbonyl (C=O) groups is 1. The van der Waals surface area contributed by atoms with Crippen LogP contribution in [0.15, 0.2) is 15.7 Å². The van der Waals surface area contributed by atoms with Gasteiger partial charge >= 0.3 is 0 Å². The maximum Gasteiger partial charge on any atom is 0.270 e. The van der Waals surface area contributed by atoms with Gasteiger partial charge in [-0.25, -0.2) is 8.42 Å². The molecule has 0 unspecified atom stereocenters. The lowest BCUT2D eigenvalue weighted by molar-refractivity contribution is 0.0746. The van der Waals surface area contributed by atoms with Gasteiger partial charge in [0.15, 0.2) is 0 Å². The average Bonchev–Trinajstić information content (AvgIpc) is 2.61. The molecule has 0 atom stereocenters. The molecule has 102 valence electrons. The Hall–Kier alpha value is -0.590. The Morgan fingerprint density at radius 1 is 1.44 bits per heavy atom. The minimum absolute atomic E-state index is 0.00308. The minimum Gasteiger partial charge on any atom is -0.341 e. The van der Waals surface area contributed by atoms with Gasteiger partial charge in [-0.05, 0) is 11.5 Å². The molecule has 1 aromatic rings. The second kappa shape index (κ2) is 5.19. The molecule has 0 saturated carbocycles. The minimum atomic E-state index is -3.76. The molecule has 0 aliphatic rings. The van der Waals surface area contributed by atoms with Crippen LogP contribution in [-0.2, 0) is 9.05 Å². The van der Waals surface area contributed by atoms with E-state index in [0.29, 0.717) is 12.1 Å². The standard InChI is InChI=1S/C11H16ClNO3S2/c1-11(2,3)7-13(4)10(14)8-5-9(17-6-8)18(12,15)16/h5-6H,7H2,1-4H3. The fourth-order valence-corrected chi connectivity index (χ4v) is 3.50. The quantitative estimate of drug-likeness (QED) is 0.807. The topological polar surface area (TPSA) is 54.5 Å². The summed E-state index contributed by atoms with van der Waals surface area (Å²) < 4.78 is 22.2. The van der Waals surface area contributed by atoms with Crippen LogP contribution in [-0.4, -0.2) is 32.8 Å². The van der Waals surface area contributed by atoms with Crippen molar-refractivity contribution >= 4 is 37.0 Å². The zero-order valence-electron chi connectivity index (χ0n) is 10.7. The van der Waals surface area contributed by atoms with Crippen molar-refractivity contribution in [3.8, 4) is 0 Å². The Morgan fingerprint density at radius 2 is 2.00 bits per heavy atom. The molecule has 0 spiro atoms. The van der Waals surface area contributed by atoms with Crippen molar-refractivity contribution in [1.82, 2.24) is 4.90 Å². The lowest BCUT2D eigenvalue weighted by Crippen LogP contribution is -2.34. The number of nitrogens with zero attached hydrogens (tertiary/aromatic N) is 1. The van der Waals surface area contributed by atoms with Crippen molar-refractivity contribution in [2.75, 3.05) is 13.6 Å². The van der Waals surface area contributed by atoms with E-state index in [4.69, 9.17) is 10.7 Å². The number of amides is 1. The van der Waals surface area contributed by atoms with Gasteiger partial charge in [-0.3, -0.25) is 4.79 Å². The first-order valence-corrected chi connectivity index (χ1v) is 8.48. The normalized spacial score (nSPS) is 12.5. The predicted octanol–water partition coefficient (Wildman–Crippen LogP) is 2.79. The van der Waals surface area contributed by atoms with Crippen molar-refractivity contribution in [2.45, 2.75) is 25.0 Å². The van der Waals surface area contributed by atoms with Crippen molar-refractivity contribution < 1.29 is 13.2 Å². The maximum atomic E-state index is 12.1. The molecule has 0 saturated heterocycles. The first kappa shape index (κ1) is 15.5. The van der Waals surface area contributed by atoms with Gasteiger partial charge in [0, 0.05) is 29.7 Å². The van der Waals surface area contributed by atoms with E-state index in [1.807, 2.05) is 20.8 Å². The van der Waals surface area contributed by atoms with E-state index in [1.165, 1.54) is 11.4 Å². The molecular formula is C11H16ClNO3S2. The monoisotopic (exact) mass is 309 g/mol. The van der Waals surface area contributed by atoms with Gasteiger partial charge in [0.1, 0.15) is 4.21 Å². The molecule has 0 aliphatic heterocycles. The molecule has 7 heteroatoms. The van der Waals surface area contributed by atoms with Gasteiger partial charge in [-0.15, -0.1) is 11.3 Å². The molecule has 0 radical (unpaired) electrons. The smallest absolute Gasteiger partial charge is 0.270 e. The summed E-state index contributed by atoms with van der Waals surface area (Å²) >= 11 is 0.953. The molecule has 0 aliphatic carbocycles. The summed E-state index contributed by atoms with van der Waals surface area (Å²) in [5.41, 5.74) is 0.341. The van der Waals surface area contributed by atoms with Crippen LogP contribution in [0.2, 0.25) is 0 Å². The van der Waals surface area contributed by atoms with E-state index in [2.05, 4.69) is 0 Å². The Labute approximate surface area is 116 Å². The van der Waals surface area contributed by atoms with Crippen molar-refractivity contribution in [2.24, 2.45) is 5.41 Å². The van der Waals surface area contributed by atoms with Crippen LogP contribution in [0.1, 0.15) is 31.1 Å². The number of thiophene rings is 1. The molecule has 0 fully saturated rings. The van der Waals surface area contributed by atoms with Crippen LogP contribution in [0.25, 0.3) is 0 Å².